The Morgan fingerprint density at radius 3 is 2.75 bits per heavy atom. The molecule has 0 heterocycles. The quantitative estimate of drug-likeness (QED) is 0.451. The number of nitrogens with one attached hydrogen (secondary N) is 1. The van der Waals surface area contributed by atoms with Gasteiger partial charge in [0.2, 0.25) is 0 Å². The Kier molecular flexibility index (Phi) is 3.20. The lowest BCUT2D eigenvalue weighted by molar-refractivity contribution is 1.05. The summed E-state index contributed by atoms with van der Waals surface area (Å²) in [6, 6.07) is 5.86. The van der Waals surface area contributed by atoms with Gasteiger partial charge in [-0.2, -0.15) is 0 Å². The first-order valence-electron chi connectivity index (χ1n) is 3.42. The number of hydrogen-bond acceptors (Lipinski definition) is 2. The molecule has 0 aromatic heterocycles. The number of hydrazine groups is 1. The first-order valence-corrected chi connectivity index (χ1v) is 4.62. The van der Waals surface area contributed by atoms with E-state index in [1.54, 1.807) is 0 Å². The lowest BCUT2D eigenvalue weighted by Crippen LogP contribution is -2.29. The molecule has 0 radical (unpaired) electrons. The monoisotopic (exact) mass is 244 g/mol. The van der Waals surface area contributed by atoms with Crippen molar-refractivity contribution in [2.45, 2.75) is 6.92 Å². The van der Waals surface area contributed by atoms with Crippen molar-refractivity contribution in [2.75, 3.05) is 0 Å². The second kappa shape index (κ2) is 3.98. The Morgan fingerprint density at radius 1 is 1.58 bits per heavy atom. The number of halogens is 1. The van der Waals surface area contributed by atoms with Gasteiger partial charge in [-0.05, 0) is 18.6 Å². The smallest absolute Gasteiger partial charge is 0.120 e. The normalized spacial score (nSPS) is 9.58. The molecule has 1 aromatic carbocycles. The van der Waals surface area contributed by atoms with Crippen molar-refractivity contribution in [1.29, 1.82) is 0 Å². The number of hydrogen-bond donors (Lipinski definition) is 2. The minimum absolute atomic E-state index is 0.552. The lowest BCUT2D eigenvalue weighted by Gasteiger charge is -2.04. The van der Waals surface area contributed by atoms with E-state index in [0.717, 1.165) is 10.0 Å². The first kappa shape index (κ1) is 9.64. The molecule has 12 heavy (non-hydrogen) atoms. The summed E-state index contributed by atoms with van der Waals surface area (Å²) in [5.41, 5.74) is 4.54. The van der Waals surface area contributed by atoms with E-state index in [4.69, 9.17) is 18.1 Å². The summed E-state index contributed by atoms with van der Waals surface area (Å²) in [6.07, 6.45) is 0. The summed E-state index contributed by atoms with van der Waals surface area (Å²) >= 11 is 8.38. The average Bonchev–Trinajstić information content (AvgIpc) is 2.08. The fourth-order valence-electron chi connectivity index (χ4n) is 0.817. The summed E-state index contributed by atoms with van der Waals surface area (Å²) in [6.45, 7) is 2.02. The molecule has 0 amide bonds. The maximum atomic E-state index is 5.19. The Hall–Kier alpha value is -0.450. The van der Waals surface area contributed by atoms with Crippen molar-refractivity contribution in [1.82, 2.24) is 5.43 Å². The van der Waals surface area contributed by atoms with E-state index in [1.165, 1.54) is 5.56 Å². The molecule has 2 nitrogen and oxygen atoms in total. The Bertz CT molecular complexity index is 312. The highest BCUT2D eigenvalue weighted by Gasteiger charge is 2.00. The van der Waals surface area contributed by atoms with Gasteiger partial charge in [0.05, 0.1) is 0 Å². The maximum Gasteiger partial charge on any atom is 0.120 e. The predicted molar refractivity (Wildman–Crippen MR) is 57.9 cm³/mol. The minimum atomic E-state index is 0.552. The molecule has 64 valence electrons. The van der Waals surface area contributed by atoms with Crippen molar-refractivity contribution in [3.63, 3.8) is 0 Å². The van der Waals surface area contributed by atoms with E-state index in [2.05, 4.69) is 21.4 Å². The molecular weight excluding hydrogens is 236 g/mol. The molecule has 3 N–H and O–H groups in total. The third-order valence-corrected chi connectivity index (χ3v) is 2.77. The van der Waals surface area contributed by atoms with Crippen LogP contribution >= 0.6 is 28.1 Å². The Morgan fingerprint density at radius 2 is 2.25 bits per heavy atom. The highest BCUT2D eigenvalue weighted by Crippen LogP contribution is 2.17. The maximum absolute atomic E-state index is 5.19. The van der Waals surface area contributed by atoms with Gasteiger partial charge in [0.25, 0.3) is 0 Å². The minimum Gasteiger partial charge on any atom is -0.314 e. The second-order valence-corrected chi connectivity index (χ2v) is 3.70. The van der Waals surface area contributed by atoms with Gasteiger partial charge < -0.3 is 5.43 Å². The van der Waals surface area contributed by atoms with Crippen molar-refractivity contribution in [3.05, 3.63) is 33.8 Å². The average molecular weight is 245 g/mol. The lowest BCUT2D eigenvalue weighted by atomic mass is 10.1. The molecule has 0 saturated heterocycles. The van der Waals surface area contributed by atoms with Crippen LogP contribution in [0.15, 0.2) is 22.7 Å². The number of benzene rings is 1. The molecule has 0 atom stereocenters. The van der Waals surface area contributed by atoms with E-state index in [0.29, 0.717) is 4.99 Å². The molecule has 1 rings (SSSR count). The molecule has 4 heteroatoms. The molecule has 0 saturated carbocycles. The van der Waals surface area contributed by atoms with Crippen LogP contribution in [0.5, 0.6) is 0 Å². The Balaban J connectivity index is 3.05. The van der Waals surface area contributed by atoms with Crippen LogP contribution in [-0.2, 0) is 0 Å². The van der Waals surface area contributed by atoms with Crippen LogP contribution < -0.4 is 11.3 Å². The van der Waals surface area contributed by atoms with Crippen molar-refractivity contribution < 1.29 is 0 Å². The van der Waals surface area contributed by atoms with Gasteiger partial charge in [0, 0.05) is 10.0 Å². The molecule has 0 aliphatic heterocycles. The van der Waals surface area contributed by atoms with Crippen molar-refractivity contribution >= 4 is 33.1 Å². The predicted octanol–water partition coefficient (Wildman–Crippen LogP) is 1.90. The van der Waals surface area contributed by atoms with E-state index in [9.17, 15) is 0 Å². The number of aryl methyl sites for hydroxylation is 1. The van der Waals surface area contributed by atoms with Crippen LogP contribution in [-0.4, -0.2) is 4.99 Å². The van der Waals surface area contributed by atoms with Crippen LogP contribution in [0.2, 0.25) is 0 Å². The summed E-state index contributed by atoms with van der Waals surface area (Å²) in [4.78, 5) is 0.552. The first-order chi connectivity index (χ1) is 5.65. The molecular formula is C8H9BrN2S. The summed E-state index contributed by atoms with van der Waals surface area (Å²) in [5, 5.41) is 0. The molecule has 0 unspecified atom stereocenters. The summed E-state index contributed by atoms with van der Waals surface area (Å²) in [5.74, 6) is 5.19. The Labute approximate surface area is 85.2 Å². The number of rotatable bonds is 1. The third-order valence-electron chi connectivity index (χ3n) is 1.57. The van der Waals surface area contributed by atoms with Gasteiger partial charge in [-0.25, -0.2) is 5.84 Å². The largest absolute Gasteiger partial charge is 0.314 e. The van der Waals surface area contributed by atoms with Gasteiger partial charge in [0.15, 0.2) is 0 Å². The summed E-state index contributed by atoms with van der Waals surface area (Å²) in [7, 11) is 0. The molecule has 0 fully saturated rings. The highest BCUT2D eigenvalue weighted by atomic mass is 79.9. The zero-order valence-electron chi connectivity index (χ0n) is 6.60. The van der Waals surface area contributed by atoms with Crippen LogP contribution in [0.3, 0.4) is 0 Å². The van der Waals surface area contributed by atoms with Crippen LogP contribution in [0.25, 0.3) is 0 Å². The van der Waals surface area contributed by atoms with Crippen molar-refractivity contribution in [3.8, 4) is 0 Å². The zero-order valence-corrected chi connectivity index (χ0v) is 9.00. The van der Waals surface area contributed by atoms with Crippen LogP contribution in [0.1, 0.15) is 11.1 Å². The molecule has 0 bridgehead atoms. The summed E-state index contributed by atoms with van der Waals surface area (Å²) < 4.78 is 1.04. The van der Waals surface area contributed by atoms with Crippen LogP contribution in [0, 0.1) is 6.92 Å². The van der Waals surface area contributed by atoms with E-state index < -0.39 is 0 Å². The van der Waals surface area contributed by atoms with E-state index >= 15 is 0 Å². The van der Waals surface area contributed by atoms with Gasteiger partial charge in [0.1, 0.15) is 4.99 Å². The third kappa shape index (κ3) is 2.03. The SMILES string of the molecule is Cc1ccc(C(=S)NN)cc1Br. The molecule has 1 aromatic rings. The van der Waals surface area contributed by atoms with E-state index in [-0.39, 0.29) is 0 Å². The standard InChI is InChI=1S/C8H9BrN2S/c1-5-2-3-6(4-7(5)9)8(12)11-10/h2-4H,10H2,1H3,(H,11,12). The highest BCUT2D eigenvalue weighted by molar-refractivity contribution is 9.10. The van der Waals surface area contributed by atoms with E-state index in [1.807, 2.05) is 25.1 Å². The van der Waals surface area contributed by atoms with Crippen molar-refractivity contribution in [2.24, 2.45) is 5.84 Å². The number of nitrogens with two attached hydrogens (primary N) is 1. The van der Waals surface area contributed by atoms with Gasteiger partial charge in [-0.1, -0.05) is 40.3 Å². The van der Waals surface area contributed by atoms with Gasteiger partial charge in [-0.15, -0.1) is 0 Å². The van der Waals surface area contributed by atoms with Gasteiger partial charge >= 0.3 is 0 Å². The molecule has 0 aliphatic carbocycles. The zero-order chi connectivity index (χ0) is 9.14. The fraction of sp³-hybridized carbons (Fsp3) is 0.125. The molecule has 0 spiro atoms. The van der Waals surface area contributed by atoms with Gasteiger partial charge in [-0.3, -0.25) is 0 Å². The fourth-order valence-corrected chi connectivity index (χ4v) is 1.32. The van der Waals surface area contributed by atoms with Crippen LogP contribution in [0.4, 0.5) is 0 Å². The number of thiocarbonyl (C=S) groups is 1. The molecule has 0 aliphatic rings. The topological polar surface area (TPSA) is 38.0 Å². The second-order valence-electron chi connectivity index (χ2n) is 2.44.